The average molecular weight is 303 g/mol. The van der Waals surface area contributed by atoms with Crippen LogP contribution in [0.5, 0.6) is 0 Å². The molecular weight excluding hydrogens is 278 g/mol. The van der Waals surface area contributed by atoms with Crippen LogP contribution in [-0.2, 0) is 14.3 Å². The van der Waals surface area contributed by atoms with E-state index in [1.807, 2.05) is 18.2 Å². The van der Waals surface area contributed by atoms with Gasteiger partial charge in [0.1, 0.15) is 19.0 Å². The van der Waals surface area contributed by atoms with Crippen LogP contribution in [0, 0.1) is 5.92 Å². The molecule has 0 spiro atoms. The van der Waals surface area contributed by atoms with Crippen LogP contribution in [0.4, 0.5) is 0 Å². The van der Waals surface area contributed by atoms with Gasteiger partial charge in [-0.3, -0.25) is 4.79 Å². The Morgan fingerprint density at radius 2 is 2.18 bits per heavy atom. The second-order valence-corrected chi connectivity index (χ2v) is 6.19. The fourth-order valence-corrected chi connectivity index (χ4v) is 3.41. The van der Waals surface area contributed by atoms with E-state index in [9.17, 15) is 4.79 Å². The fourth-order valence-electron chi connectivity index (χ4n) is 3.41. The van der Waals surface area contributed by atoms with Gasteiger partial charge in [-0.1, -0.05) is 13.0 Å². The molecule has 0 aromatic heterocycles. The Kier molecular flexibility index (Phi) is 4.98. The third-order valence-electron chi connectivity index (χ3n) is 4.51. The van der Waals surface area contributed by atoms with E-state index < -0.39 is 0 Å². The summed E-state index contributed by atoms with van der Waals surface area (Å²) in [6.45, 7) is 6.50. The molecule has 0 N–H and O–H groups in total. The number of allylic oxidation sites excluding steroid dienone is 4. The normalized spacial score (nSPS) is 25.7. The zero-order valence-corrected chi connectivity index (χ0v) is 13.3. The summed E-state index contributed by atoms with van der Waals surface area (Å²) in [5, 5.41) is 0. The number of ether oxygens (including phenoxy) is 2. The first-order chi connectivity index (χ1) is 10.8. The summed E-state index contributed by atoms with van der Waals surface area (Å²) in [6.07, 6.45) is 9.70. The van der Waals surface area contributed by atoms with E-state index >= 15 is 0 Å². The largest absolute Gasteiger partial charge is 0.490 e. The number of rotatable bonds is 4. The highest BCUT2D eigenvalue weighted by atomic mass is 16.6. The molecule has 1 unspecified atom stereocenters. The van der Waals surface area contributed by atoms with E-state index in [4.69, 9.17) is 9.47 Å². The maximum absolute atomic E-state index is 12.8. The third kappa shape index (κ3) is 3.43. The van der Waals surface area contributed by atoms with Gasteiger partial charge in [0.25, 0.3) is 0 Å². The van der Waals surface area contributed by atoms with Crippen molar-refractivity contribution in [2.75, 3.05) is 32.8 Å². The van der Waals surface area contributed by atoms with E-state index in [-0.39, 0.29) is 11.7 Å². The lowest BCUT2D eigenvalue weighted by Crippen LogP contribution is -2.39. The van der Waals surface area contributed by atoms with E-state index in [0.717, 1.165) is 56.0 Å². The average Bonchev–Trinajstić information content (AvgIpc) is 2.77. The number of nitrogens with zero attached hydrogens (tertiary/aromatic N) is 1. The van der Waals surface area contributed by atoms with E-state index in [2.05, 4.69) is 11.8 Å². The summed E-state index contributed by atoms with van der Waals surface area (Å²) in [6, 6.07) is 0. The summed E-state index contributed by atoms with van der Waals surface area (Å²) in [4.78, 5) is 15.2. The second kappa shape index (κ2) is 7.14. The lowest BCUT2D eigenvalue weighted by molar-refractivity contribution is -0.120. The zero-order chi connectivity index (χ0) is 15.4. The minimum atomic E-state index is 0.133. The molecule has 120 valence electrons. The Balaban J connectivity index is 1.66. The number of hydrogen-bond acceptors (Lipinski definition) is 4. The van der Waals surface area contributed by atoms with Crippen molar-refractivity contribution >= 4 is 5.78 Å². The molecule has 0 aromatic rings. The number of likely N-dealkylation sites (tertiary alicyclic amines) is 1. The van der Waals surface area contributed by atoms with Crippen LogP contribution in [0.3, 0.4) is 0 Å². The molecule has 3 aliphatic rings. The predicted octanol–water partition coefficient (Wildman–Crippen LogP) is 2.82. The Bertz CT molecular complexity index is 516. The van der Waals surface area contributed by atoms with Crippen molar-refractivity contribution in [1.29, 1.82) is 0 Å². The van der Waals surface area contributed by atoms with Gasteiger partial charge >= 0.3 is 0 Å². The Labute approximate surface area is 132 Å². The molecule has 3 rings (SSSR count). The molecule has 0 amide bonds. The smallest absolute Gasteiger partial charge is 0.166 e. The van der Waals surface area contributed by atoms with Gasteiger partial charge in [0.2, 0.25) is 0 Å². The van der Waals surface area contributed by atoms with Crippen LogP contribution in [0.15, 0.2) is 35.3 Å². The molecule has 1 atom stereocenters. The molecule has 0 bridgehead atoms. The van der Waals surface area contributed by atoms with Gasteiger partial charge in [-0.2, -0.15) is 0 Å². The maximum Gasteiger partial charge on any atom is 0.166 e. The minimum Gasteiger partial charge on any atom is -0.490 e. The second-order valence-electron chi connectivity index (χ2n) is 6.19. The Morgan fingerprint density at radius 1 is 1.32 bits per heavy atom. The number of hydrogen-bond donors (Lipinski definition) is 0. The number of Topliss-reactive ketones (excluding diaryl/α,β-unsaturated/α-hetero) is 1. The van der Waals surface area contributed by atoms with Crippen LogP contribution in [0.25, 0.3) is 0 Å². The molecule has 2 heterocycles. The van der Waals surface area contributed by atoms with Crippen molar-refractivity contribution in [3.8, 4) is 0 Å². The molecule has 1 aliphatic carbocycles. The molecule has 1 saturated heterocycles. The maximum atomic E-state index is 12.8. The van der Waals surface area contributed by atoms with Crippen LogP contribution < -0.4 is 0 Å². The summed E-state index contributed by atoms with van der Waals surface area (Å²) >= 11 is 0. The molecule has 1 fully saturated rings. The quantitative estimate of drug-likeness (QED) is 0.800. The van der Waals surface area contributed by atoms with Gasteiger partial charge in [-0.15, -0.1) is 0 Å². The first-order valence-electron chi connectivity index (χ1n) is 8.41. The highest BCUT2D eigenvalue weighted by Crippen LogP contribution is 2.26. The van der Waals surface area contributed by atoms with Gasteiger partial charge in [0.15, 0.2) is 11.5 Å². The summed E-state index contributed by atoms with van der Waals surface area (Å²) < 4.78 is 11.2. The number of piperidine rings is 1. The molecule has 0 radical (unpaired) electrons. The topological polar surface area (TPSA) is 38.8 Å². The van der Waals surface area contributed by atoms with Crippen LogP contribution in [-0.4, -0.2) is 43.5 Å². The monoisotopic (exact) mass is 303 g/mol. The van der Waals surface area contributed by atoms with E-state index in [0.29, 0.717) is 19.6 Å². The molecule has 2 aliphatic heterocycles. The van der Waals surface area contributed by atoms with Crippen molar-refractivity contribution in [2.24, 2.45) is 5.92 Å². The molecular formula is C18H25NO3. The first-order valence-corrected chi connectivity index (χ1v) is 8.41. The summed E-state index contributed by atoms with van der Waals surface area (Å²) in [7, 11) is 0. The van der Waals surface area contributed by atoms with Crippen molar-refractivity contribution in [1.82, 2.24) is 4.90 Å². The van der Waals surface area contributed by atoms with E-state index in [1.165, 1.54) is 0 Å². The Hall–Kier alpha value is -1.55. The molecule has 0 saturated carbocycles. The number of carbonyl (C=O) groups is 1. The third-order valence-corrected chi connectivity index (χ3v) is 4.51. The van der Waals surface area contributed by atoms with Gasteiger partial charge in [-0.25, -0.2) is 0 Å². The molecule has 22 heavy (non-hydrogen) atoms. The molecule has 4 heteroatoms. The van der Waals surface area contributed by atoms with Crippen LogP contribution >= 0.6 is 0 Å². The van der Waals surface area contributed by atoms with Crippen LogP contribution in [0.2, 0.25) is 0 Å². The fraction of sp³-hybridized carbons (Fsp3) is 0.611. The molecule has 0 aromatic carbocycles. The van der Waals surface area contributed by atoms with Crippen LogP contribution in [0.1, 0.15) is 32.6 Å². The number of ketones is 1. The van der Waals surface area contributed by atoms with Gasteiger partial charge in [0.05, 0.1) is 0 Å². The SMILES string of the molecule is CCCN1CCCC(C(=O)C2=CCC3=C(C=C2)OCCO3)C1. The molecule has 4 nitrogen and oxygen atoms in total. The van der Waals surface area contributed by atoms with Gasteiger partial charge in [0, 0.05) is 24.5 Å². The van der Waals surface area contributed by atoms with Crippen molar-refractivity contribution in [2.45, 2.75) is 32.6 Å². The summed E-state index contributed by atoms with van der Waals surface area (Å²) in [5.41, 5.74) is 0.810. The van der Waals surface area contributed by atoms with Crippen molar-refractivity contribution in [3.05, 3.63) is 35.3 Å². The standard InChI is InChI=1S/C18H25NO3/c1-2-9-19-10-3-4-15(13-19)18(20)14-5-7-16-17(8-6-14)22-12-11-21-16/h5-7,15H,2-4,8-13H2,1H3. The highest BCUT2D eigenvalue weighted by Gasteiger charge is 2.27. The minimum absolute atomic E-state index is 0.133. The number of carbonyl (C=O) groups excluding carboxylic acids is 1. The van der Waals surface area contributed by atoms with Gasteiger partial charge in [-0.05, 0) is 44.5 Å². The summed E-state index contributed by atoms with van der Waals surface area (Å²) in [5.74, 6) is 2.04. The van der Waals surface area contributed by atoms with Gasteiger partial charge < -0.3 is 14.4 Å². The predicted molar refractivity (Wildman–Crippen MR) is 85.2 cm³/mol. The first kappa shape index (κ1) is 15.3. The van der Waals surface area contributed by atoms with E-state index in [1.54, 1.807) is 0 Å². The zero-order valence-electron chi connectivity index (χ0n) is 13.3. The lowest BCUT2D eigenvalue weighted by atomic mass is 9.89. The Morgan fingerprint density at radius 3 is 3.05 bits per heavy atom. The van der Waals surface area contributed by atoms with Crippen molar-refractivity contribution in [3.63, 3.8) is 0 Å². The lowest BCUT2D eigenvalue weighted by Gasteiger charge is -2.31. The van der Waals surface area contributed by atoms with Crippen molar-refractivity contribution < 1.29 is 14.3 Å². The highest BCUT2D eigenvalue weighted by molar-refractivity contribution is 6.00.